The van der Waals surface area contributed by atoms with Gasteiger partial charge >= 0.3 is 0 Å². The summed E-state index contributed by atoms with van der Waals surface area (Å²) in [6.45, 7) is 7.62. The Morgan fingerprint density at radius 1 is 0.821 bits per heavy atom. The first-order chi connectivity index (χ1) is 13.5. The second-order valence-corrected chi connectivity index (χ2v) is 8.95. The molecule has 0 saturated carbocycles. The van der Waals surface area contributed by atoms with E-state index >= 15 is 0 Å². The number of hydrogen-bond donors (Lipinski definition) is 0. The van der Waals surface area contributed by atoms with Gasteiger partial charge in [-0.25, -0.2) is 0 Å². The number of rotatable bonds is 12. The molecule has 0 fully saturated rings. The Kier molecular flexibility index (Phi) is 10.4. The number of alkyl halides is 2. The van der Waals surface area contributed by atoms with Crippen LogP contribution in [0.3, 0.4) is 0 Å². The molecule has 2 aromatic carbocycles. The van der Waals surface area contributed by atoms with Crippen LogP contribution < -0.4 is 9.47 Å². The maximum atomic E-state index is 6.25. The minimum absolute atomic E-state index is 0.683. The van der Waals surface area contributed by atoms with Gasteiger partial charge in [0, 0.05) is 16.2 Å². The molecule has 2 rings (SSSR count). The van der Waals surface area contributed by atoms with Crippen LogP contribution >= 0.6 is 31.9 Å². The van der Waals surface area contributed by atoms with Gasteiger partial charge in [0.15, 0.2) is 11.5 Å². The molecule has 0 amide bonds. The van der Waals surface area contributed by atoms with E-state index in [4.69, 9.17) is 9.47 Å². The molecule has 0 radical (unpaired) electrons. The highest BCUT2D eigenvalue weighted by Crippen LogP contribution is 2.35. The lowest BCUT2D eigenvalue weighted by Crippen LogP contribution is -2.05. The van der Waals surface area contributed by atoms with Crippen molar-refractivity contribution >= 4 is 31.9 Å². The number of ether oxygens (including phenoxy) is 2. The fraction of sp³-hybridized carbons (Fsp3) is 0.500. The normalized spacial score (nSPS) is 12.2. The SMILES string of the molecule is CC(C)CCCC(C)CCOc1ccccc1Oc1cc(CBr)ccc1CBr. The monoisotopic (exact) mass is 510 g/mol. The molecule has 0 heterocycles. The lowest BCUT2D eigenvalue weighted by Gasteiger charge is -2.16. The van der Waals surface area contributed by atoms with E-state index in [2.05, 4.69) is 70.8 Å². The average Bonchev–Trinajstić information content (AvgIpc) is 2.69. The molecular weight excluding hydrogens is 480 g/mol. The molecular formula is C24H32Br2O2. The van der Waals surface area contributed by atoms with Crippen LogP contribution in [0.5, 0.6) is 17.2 Å². The third-order valence-corrected chi connectivity index (χ3v) is 6.10. The molecule has 0 aliphatic heterocycles. The molecule has 2 aromatic rings. The highest BCUT2D eigenvalue weighted by molar-refractivity contribution is 9.08. The Hall–Kier alpha value is -1.000. The van der Waals surface area contributed by atoms with E-state index in [0.717, 1.165) is 52.4 Å². The van der Waals surface area contributed by atoms with Crippen molar-refractivity contribution in [2.75, 3.05) is 6.61 Å². The highest BCUT2D eigenvalue weighted by Gasteiger charge is 2.11. The van der Waals surface area contributed by atoms with Crippen LogP contribution in [-0.2, 0) is 10.7 Å². The van der Waals surface area contributed by atoms with E-state index in [1.807, 2.05) is 24.3 Å². The second-order valence-electron chi connectivity index (χ2n) is 7.83. The second kappa shape index (κ2) is 12.5. The van der Waals surface area contributed by atoms with Crippen LogP contribution in [-0.4, -0.2) is 6.61 Å². The van der Waals surface area contributed by atoms with Crippen molar-refractivity contribution in [1.29, 1.82) is 0 Å². The zero-order chi connectivity index (χ0) is 20.4. The van der Waals surface area contributed by atoms with Gasteiger partial charge in [-0.3, -0.25) is 0 Å². The van der Waals surface area contributed by atoms with Crippen molar-refractivity contribution in [3.63, 3.8) is 0 Å². The van der Waals surface area contributed by atoms with Gasteiger partial charge in [0.2, 0.25) is 0 Å². The Balaban J connectivity index is 1.96. The fourth-order valence-electron chi connectivity index (χ4n) is 3.05. The van der Waals surface area contributed by atoms with Crippen molar-refractivity contribution in [2.45, 2.75) is 57.1 Å². The van der Waals surface area contributed by atoms with Gasteiger partial charge in [-0.2, -0.15) is 0 Å². The number of hydrogen-bond acceptors (Lipinski definition) is 2. The van der Waals surface area contributed by atoms with E-state index in [9.17, 15) is 0 Å². The third-order valence-electron chi connectivity index (χ3n) is 4.85. The van der Waals surface area contributed by atoms with E-state index < -0.39 is 0 Å². The summed E-state index contributed by atoms with van der Waals surface area (Å²) in [7, 11) is 0. The first-order valence-corrected chi connectivity index (χ1v) is 12.4. The molecule has 0 N–H and O–H groups in total. The molecule has 1 unspecified atom stereocenters. The molecule has 2 nitrogen and oxygen atoms in total. The number of benzene rings is 2. The number of para-hydroxylation sites is 2. The van der Waals surface area contributed by atoms with Crippen LogP contribution in [0.15, 0.2) is 42.5 Å². The number of halogens is 2. The Morgan fingerprint density at radius 3 is 2.25 bits per heavy atom. The van der Waals surface area contributed by atoms with E-state index in [1.165, 1.54) is 24.8 Å². The van der Waals surface area contributed by atoms with Gasteiger partial charge in [-0.1, -0.05) is 96.2 Å². The zero-order valence-electron chi connectivity index (χ0n) is 17.2. The quantitative estimate of drug-likeness (QED) is 0.266. The third kappa shape index (κ3) is 7.79. The molecule has 0 saturated heterocycles. The smallest absolute Gasteiger partial charge is 0.169 e. The summed E-state index contributed by atoms with van der Waals surface area (Å²) in [6, 6.07) is 14.2. The minimum Gasteiger partial charge on any atom is -0.490 e. The van der Waals surface area contributed by atoms with E-state index in [0.29, 0.717) is 5.92 Å². The van der Waals surface area contributed by atoms with Crippen LogP contribution in [0.25, 0.3) is 0 Å². The molecule has 154 valence electrons. The van der Waals surface area contributed by atoms with Crippen molar-refractivity contribution in [3.05, 3.63) is 53.6 Å². The average molecular weight is 512 g/mol. The lowest BCUT2D eigenvalue weighted by molar-refractivity contribution is 0.266. The highest BCUT2D eigenvalue weighted by atomic mass is 79.9. The van der Waals surface area contributed by atoms with Gasteiger partial charge in [0.05, 0.1) is 6.61 Å². The van der Waals surface area contributed by atoms with Crippen LogP contribution in [0.1, 0.15) is 57.6 Å². The van der Waals surface area contributed by atoms with Crippen molar-refractivity contribution < 1.29 is 9.47 Å². The summed E-state index contributed by atoms with van der Waals surface area (Å²) >= 11 is 7.07. The maximum absolute atomic E-state index is 6.25. The summed E-state index contributed by atoms with van der Waals surface area (Å²) in [5.41, 5.74) is 2.31. The van der Waals surface area contributed by atoms with Gasteiger partial charge in [0.25, 0.3) is 0 Å². The molecule has 0 aliphatic carbocycles. The van der Waals surface area contributed by atoms with Gasteiger partial charge in [0.1, 0.15) is 5.75 Å². The van der Waals surface area contributed by atoms with Gasteiger partial charge in [-0.15, -0.1) is 0 Å². The largest absolute Gasteiger partial charge is 0.490 e. The Labute approximate surface area is 187 Å². The van der Waals surface area contributed by atoms with Crippen LogP contribution in [0.4, 0.5) is 0 Å². The molecule has 1 atom stereocenters. The van der Waals surface area contributed by atoms with Crippen LogP contribution in [0, 0.1) is 11.8 Å². The molecule has 4 heteroatoms. The summed E-state index contributed by atoms with van der Waals surface area (Å²) in [4.78, 5) is 0. The summed E-state index contributed by atoms with van der Waals surface area (Å²) in [5, 5.41) is 1.56. The Bertz CT molecular complexity index is 716. The maximum Gasteiger partial charge on any atom is 0.169 e. The topological polar surface area (TPSA) is 18.5 Å². The van der Waals surface area contributed by atoms with Gasteiger partial charge in [-0.05, 0) is 42.0 Å². The van der Waals surface area contributed by atoms with Crippen molar-refractivity contribution in [2.24, 2.45) is 11.8 Å². The predicted octanol–water partition coefficient (Wildman–Crippen LogP) is 8.50. The lowest BCUT2D eigenvalue weighted by atomic mass is 9.98. The van der Waals surface area contributed by atoms with Crippen LogP contribution in [0.2, 0.25) is 0 Å². The van der Waals surface area contributed by atoms with Crippen molar-refractivity contribution in [1.82, 2.24) is 0 Å². The zero-order valence-corrected chi connectivity index (χ0v) is 20.4. The predicted molar refractivity (Wildman–Crippen MR) is 126 cm³/mol. The van der Waals surface area contributed by atoms with Gasteiger partial charge < -0.3 is 9.47 Å². The fourth-order valence-corrected chi connectivity index (χ4v) is 3.86. The molecule has 0 bridgehead atoms. The molecule has 28 heavy (non-hydrogen) atoms. The van der Waals surface area contributed by atoms with E-state index in [-0.39, 0.29) is 0 Å². The Morgan fingerprint density at radius 2 is 1.57 bits per heavy atom. The summed E-state index contributed by atoms with van der Waals surface area (Å²) in [5.74, 6) is 3.92. The van der Waals surface area contributed by atoms with Crippen molar-refractivity contribution in [3.8, 4) is 17.2 Å². The first-order valence-electron chi connectivity index (χ1n) is 10.2. The summed E-state index contributed by atoms with van der Waals surface area (Å²) in [6.07, 6.45) is 4.95. The summed E-state index contributed by atoms with van der Waals surface area (Å²) < 4.78 is 12.3. The molecule has 0 spiro atoms. The van der Waals surface area contributed by atoms with E-state index in [1.54, 1.807) is 0 Å². The molecule has 0 aromatic heterocycles. The first kappa shape index (κ1) is 23.3. The standard InChI is InChI=1S/C24H32Br2O2/c1-18(2)7-6-8-19(3)13-14-27-22-9-4-5-10-23(22)28-24-15-20(16-25)11-12-21(24)17-26/h4-5,9-12,15,18-19H,6-8,13-14,16-17H2,1-3H3. The molecule has 0 aliphatic rings. The minimum atomic E-state index is 0.683.